The zero-order chi connectivity index (χ0) is 11.8. The molecule has 0 unspecified atom stereocenters. The van der Waals surface area contributed by atoms with Crippen molar-refractivity contribution in [1.82, 2.24) is 9.97 Å². The number of carbonyl (C=O) groups excluding carboxylic acids is 1. The number of aromatic nitrogens is 2. The summed E-state index contributed by atoms with van der Waals surface area (Å²) in [5.74, 6) is -0.344. The smallest absolute Gasteiger partial charge is 0.355 e. The number of H-pyrrole nitrogens is 1. The highest BCUT2D eigenvalue weighted by atomic mass is 16.6. The zero-order valence-corrected chi connectivity index (χ0v) is 9.57. The van der Waals surface area contributed by atoms with Gasteiger partial charge in [-0.15, -0.1) is 0 Å². The zero-order valence-electron chi connectivity index (χ0n) is 9.57. The molecule has 16 heavy (non-hydrogen) atoms. The molecule has 0 amide bonds. The molecule has 0 aliphatic carbocycles. The van der Waals surface area contributed by atoms with E-state index in [2.05, 4.69) is 9.97 Å². The summed E-state index contributed by atoms with van der Waals surface area (Å²) >= 11 is 0. The van der Waals surface area contributed by atoms with Crippen LogP contribution in [0, 0.1) is 0 Å². The van der Waals surface area contributed by atoms with E-state index in [-0.39, 0.29) is 5.97 Å². The SMILES string of the molecule is CC(C)(C)OC(=O)c1cc2cnccc2[nH]1. The molecule has 84 valence electrons. The van der Waals surface area contributed by atoms with E-state index in [1.165, 1.54) is 0 Å². The highest BCUT2D eigenvalue weighted by Gasteiger charge is 2.19. The minimum Gasteiger partial charge on any atom is -0.455 e. The van der Waals surface area contributed by atoms with E-state index >= 15 is 0 Å². The highest BCUT2D eigenvalue weighted by Crippen LogP contribution is 2.16. The van der Waals surface area contributed by atoms with Crippen LogP contribution in [0.5, 0.6) is 0 Å². The lowest BCUT2D eigenvalue weighted by Gasteiger charge is -2.18. The third-order valence-electron chi connectivity index (χ3n) is 2.04. The van der Waals surface area contributed by atoms with E-state index in [1.54, 1.807) is 18.5 Å². The number of fused-ring (bicyclic) bond motifs is 1. The predicted molar refractivity (Wildman–Crippen MR) is 61.3 cm³/mol. The van der Waals surface area contributed by atoms with Crippen molar-refractivity contribution in [3.63, 3.8) is 0 Å². The Morgan fingerprint density at radius 1 is 1.44 bits per heavy atom. The lowest BCUT2D eigenvalue weighted by atomic mass is 10.2. The van der Waals surface area contributed by atoms with Crippen LogP contribution in [0.2, 0.25) is 0 Å². The number of rotatable bonds is 1. The predicted octanol–water partition coefficient (Wildman–Crippen LogP) is 2.52. The Morgan fingerprint density at radius 3 is 2.81 bits per heavy atom. The van der Waals surface area contributed by atoms with E-state index in [4.69, 9.17) is 4.74 Å². The molecular formula is C12H14N2O2. The number of nitrogens with zero attached hydrogens (tertiary/aromatic N) is 1. The highest BCUT2D eigenvalue weighted by molar-refractivity contribution is 5.94. The van der Waals surface area contributed by atoms with Gasteiger partial charge in [0, 0.05) is 23.3 Å². The van der Waals surface area contributed by atoms with Crippen LogP contribution in [0.1, 0.15) is 31.3 Å². The Morgan fingerprint density at radius 2 is 2.19 bits per heavy atom. The average Bonchev–Trinajstić information content (AvgIpc) is 2.58. The van der Waals surface area contributed by atoms with Crippen LogP contribution >= 0.6 is 0 Å². The van der Waals surface area contributed by atoms with Gasteiger partial charge in [0.05, 0.1) is 0 Å². The van der Waals surface area contributed by atoms with Gasteiger partial charge in [0.1, 0.15) is 11.3 Å². The average molecular weight is 218 g/mol. The van der Waals surface area contributed by atoms with Crippen LogP contribution in [0.3, 0.4) is 0 Å². The maximum Gasteiger partial charge on any atom is 0.355 e. The molecule has 2 aromatic heterocycles. The van der Waals surface area contributed by atoms with Crippen LogP contribution in [0.15, 0.2) is 24.5 Å². The summed E-state index contributed by atoms with van der Waals surface area (Å²) in [5.41, 5.74) is 0.862. The Balaban J connectivity index is 2.30. The number of pyridine rings is 1. The quantitative estimate of drug-likeness (QED) is 0.748. The Kier molecular flexibility index (Phi) is 2.42. The fourth-order valence-electron chi connectivity index (χ4n) is 1.42. The first-order valence-electron chi connectivity index (χ1n) is 5.12. The molecule has 0 saturated heterocycles. The third kappa shape index (κ3) is 2.21. The van der Waals surface area contributed by atoms with Crippen molar-refractivity contribution < 1.29 is 9.53 Å². The molecule has 1 N–H and O–H groups in total. The monoisotopic (exact) mass is 218 g/mol. The molecule has 0 radical (unpaired) electrons. The second-order valence-corrected chi connectivity index (χ2v) is 4.65. The van der Waals surface area contributed by atoms with Gasteiger partial charge in [-0.05, 0) is 32.9 Å². The summed E-state index contributed by atoms with van der Waals surface area (Å²) in [6, 6.07) is 3.57. The molecule has 0 bridgehead atoms. The van der Waals surface area contributed by atoms with Crippen LogP contribution in [-0.2, 0) is 4.74 Å². The second-order valence-electron chi connectivity index (χ2n) is 4.65. The number of hydrogen-bond acceptors (Lipinski definition) is 3. The Bertz CT molecular complexity index is 490. The fourth-order valence-corrected chi connectivity index (χ4v) is 1.42. The van der Waals surface area contributed by atoms with Crippen molar-refractivity contribution in [3.8, 4) is 0 Å². The van der Waals surface area contributed by atoms with Crippen molar-refractivity contribution in [2.45, 2.75) is 26.4 Å². The summed E-state index contributed by atoms with van der Waals surface area (Å²) < 4.78 is 5.26. The van der Waals surface area contributed by atoms with Crippen molar-refractivity contribution >= 4 is 16.9 Å². The second kappa shape index (κ2) is 3.63. The number of nitrogens with one attached hydrogen (secondary N) is 1. The van der Waals surface area contributed by atoms with Gasteiger partial charge in [-0.1, -0.05) is 0 Å². The van der Waals surface area contributed by atoms with Crippen molar-refractivity contribution in [2.75, 3.05) is 0 Å². The third-order valence-corrected chi connectivity index (χ3v) is 2.04. The maximum absolute atomic E-state index is 11.8. The lowest BCUT2D eigenvalue weighted by Crippen LogP contribution is -2.24. The molecule has 4 nitrogen and oxygen atoms in total. The van der Waals surface area contributed by atoms with Gasteiger partial charge in [0.25, 0.3) is 0 Å². The first-order valence-corrected chi connectivity index (χ1v) is 5.12. The van der Waals surface area contributed by atoms with Crippen LogP contribution in [-0.4, -0.2) is 21.5 Å². The molecule has 0 saturated carbocycles. The maximum atomic E-state index is 11.8. The molecule has 4 heteroatoms. The van der Waals surface area contributed by atoms with E-state index in [0.717, 1.165) is 10.9 Å². The van der Waals surface area contributed by atoms with Gasteiger partial charge < -0.3 is 9.72 Å². The lowest BCUT2D eigenvalue weighted by molar-refractivity contribution is 0.00639. The first kappa shape index (κ1) is 10.7. The number of carbonyl (C=O) groups is 1. The van der Waals surface area contributed by atoms with Gasteiger partial charge in [-0.2, -0.15) is 0 Å². The largest absolute Gasteiger partial charge is 0.455 e. The van der Waals surface area contributed by atoms with Gasteiger partial charge >= 0.3 is 5.97 Å². The topological polar surface area (TPSA) is 55.0 Å². The molecular weight excluding hydrogens is 204 g/mol. The number of esters is 1. The van der Waals surface area contributed by atoms with Crippen LogP contribution < -0.4 is 0 Å². The first-order chi connectivity index (χ1) is 7.46. The standard InChI is InChI=1S/C12H14N2O2/c1-12(2,3)16-11(15)10-6-8-7-13-5-4-9(8)14-10/h4-7,14H,1-3H3. The minimum atomic E-state index is -0.480. The molecule has 0 aliphatic rings. The number of hydrogen-bond donors (Lipinski definition) is 1. The van der Waals surface area contributed by atoms with Crippen molar-refractivity contribution in [2.24, 2.45) is 0 Å². The molecule has 2 heterocycles. The molecule has 0 aromatic carbocycles. The van der Waals surface area contributed by atoms with Gasteiger partial charge in [-0.25, -0.2) is 4.79 Å². The molecule has 0 fully saturated rings. The van der Waals surface area contributed by atoms with E-state index in [9.17, 15) is 4.79 Å². The number of aromatic amines is 1. The van der Waals surface area contributed by atoms with Crippen LogP contribution in [0.25, 0.3) is 10.9 Å². The fraction of sp³-hybridized carbons (Fsp3) is 0.333. The number of ether oxygens (including phenoxy) is 1. The van der Waals surface area contributed by atoms with Crippen molar-refractivity contribution in [1.29, 1.82) is 0 Å². The van der Waals surface area contributed by atoms with Crippen LogP contribution in [0.4, 0.5) is 0 Å². The molecule has 2 aromatic rings. The van der Waals surface area contributed by atoms with E-state index in [1.807, 2.05) is 26.8 Å². The Hall–Kier alpha value is -1.84. The molecule has 0 spiro atoms. The van der Waals surface area contributed by atoms with Gasteiger partial charge in [-0.3, -0.25) is 4.98 Å². The van der Waals surface area contributed by atoms with E-state index < -0.39 is 5.60 Å². The summed E-state index contributed by atoms with van der Waals surface area (Å²) in [5, 5.41) is 0.906. The van der Waals surface area contributed by atoms with Crippen molar-refractivity contribution in [3.05, 3.63) is 30.2 Å². The summed E-state index contributed by atoms with van der Waals surface area (Å²) in [6.07, 6.45) is 3.39. The summed E-state index contributed by atoms with van der Waals surface area (Å²) in [7, 11) is 0. The molecule has 2 rings (SSSR count). The normalized spacial score (nSPS) is 11.7. The summed E-state index contributed by atoms with van der Waals surface area (Å²) in [4.78, 5) is 18.7. The minimum absolute atomic E-state index is 0.344. The Labute approximate surface area is 93.6 Å². The molecule has 0 atom stereocenters. The van der Waals surface area contributed by atoms with E-state index in [0.29, 0.717) is 5.69 Å². The van der Waals surface area contributed by atoms with Gasteiger partial charge in [0.2, 0.25) is 0 Å². The molecule has 0 aliphatic heterocycles. The summed E-state index contributed by atoms with van der Waals surface area (Å²) in [6.45, 7) is 5.53. The van der Waals surface area contributed by atoms with Gasteiger partial charge in [0.15, 0.2) is 0 Å².